The van der Waals surface area contributed by atoms with E-state index in [1.54, 1.807) is 5.32 Å². The largest absolute Gasteiger partial charge is 0.530 e. The summed E-state index contributed by atoms with van der Waals surface area (Å²) in [7, 11) is 0. The van der Waals surface area contributed by atoms with Gasteiger partial charge in [-0.1, -0.05) is 0 Å². The first-order valence-corrected chi connectivity index (χ1v) is 4.61. The van der Waals surface area contributed by atoms with Crippen LogP contribution >= 0.6 is 0 Å². The zero-order valence-electron chi connectivity index (χ0n) is 8.21. The van der Waals surface area contributed by atoms with E-state index in [9.17, 15) is 27.9 Å². The fraction of sp³-hybridized carbons (Fsp3) is 0.750. The number of carboxylic acid groups (broad SMARTS) is 1. The summed E-state index contributed by atoms with van der Waals surface area (Å²) in [5.41, 5.74) is 0. The molecule has 0 aromatic rings. The van der Waals surface area contributed by atoms with E-state index in [4.69, 9.17) is 0 Å². The van der Waals surface area contributed by atoms with Crippen LogP contribution in [0.3, 0.4) is 0 Å². The summed E-state index contributed by atoms with van der Waals surface area (Å²) in [6.45, 7) is 0.150. The summed E-state index contributed by atoms with van der Waals surface area (Å²) >= 11 is 0. The van der Waals surface area contributed by atoms with Gasteiger partial charge in [0.1, 0.15) is 6.09 Å². The monoisotopic (exact) mass is 239 g/mol. The third-order valence-electron chi connectivity index (χ3n) is 2.35. The number of alkyl halides is 3. The van der Waals surface area contributed by atoms with Crippen molar-refractivity contribution in [3.05, 3.63) is 0 Å². The van der Waals surface area contributed by atoms with E-state index in [2.05, 4.69) is 0 Å². The van der Waals surface area contributed by atoms with Crippen LogP contribution in [-0.4, -0.2) is 42.7 Å². The molecule has 1 rings (SSSR count). The number of carbonyl (C=O) groups excluding carboxylic acids is 2. The average molecular weight is 239 g/mol. The second-order valence-electron chi connectivity index (χ2n) is 3.57. The van der Waals surface area contributed by atoms with E-state index in [-0.39, 0.29) is 25.6 Å². The second kappa shape index (κ2) is 4.58. The SMILES string of the molecule is O=C([O-])N1CC[C@H](CNC(=O)C(F)(F)F)C1. The lowest BCUT2D eigenvalue weighted by Gasteiger charge is -2.18. The van der Waals surface area contributed by atoms with E-state index in [1.165, 1.54) is 0 Å². The lowest BCUT2D eigenvalue weighted by molar-refractivity contribution is -0.264. The summed E-state index contributed by atoms with van der Waals surface area (Å²) in [6.07, 6.45) is -5.82. The Balaban J connectivity index is 2.31. The molecule has 0 radical (unpaired) electrons. The Bertz CT molecular complexity index is 293. The molecule has 0 aromatic heterocycles. The minimum Gasteiger partial charge on any atom is -0.530 e. The first kappa shape index (κ1) is 12.6. The highest BCUT2D eigenvalue weighted by atomic mass is 19.4. The Morgan fingerprint density at radius 2 is 2.06 bits per heavy atom. The Hall–Kier alpha value is -1.47. The summed E-state index contributed by atoms with van der Waals surface area (Å²) in [5.74, 6) is -2.29. The van der Waals surface area contributed by atoms with Crippen molar-refractivity contribution in [1.29, 1.82) is 0 Å². The van der Waals surface area contributed by atoms with Crippen molar-refractivity contribution in [2.45, 2.75) is 12.6 Å². The van der Waals surface area contributed by atoms with Gasteiger partial charge in [-0.3, -0.25) is 4.79 Å². The van der Waals surface area contributed by atoms with Crippen LogP contribution in [-0.2, 0) is 4.79 Å². The minimum atomic E-state index is -4.90. The van der Waals surface area contributed by atoms with Gasteiger partial charge in [0.25, 0.3) is 0 Å². The quantitative estimate of drug-likeness (QED) is 0.694. The molecule has 1 fully saturated rings. The van der Waals surface area contributed by atoms with Crippen molar-refractivity contribution in [2.24, 2.45) is 5.92 Å². The lowest BCUT2D eigenvalue weighted by Crippen LogP contribution is -2.42. The summed E-state index contributed by atoms with van der Waals surface area (Å²) in [4.78, 5) is 21.9. The molecule has 0 aromatic carbocycles. The molecule has 1 saturated heterocycles. The molecule has 1 heterocycles. The van der Waals surface area contributed by atoms with Crippen molar-refractivity contribution in [2.75, 3.05) is 19.6 Å². The van der Waals surface area contributed by atoms with Crippen LogP contribution in [0.2, 0.25) is 0 Å². The molecule has 0 spiro atoms. The summed E-state index contributed by atoms with van der Waals surface area (Å²) in [5, 5.41) is 12.1. The van der Waals surface area contributed by atoms with E-state index in [1.807, 2.05) is 0 Å². The van der Waals surface area contributed by atoms with Gasteiger partial charge in [0, 0.05) is 19.6 Å². The minimum absolute atomic E-state index is 0.0977. The van der Waals surface area contributed by atoms with E-state index in [0.29, 0.717) is 6.42 Å². The maximum atomic E-state index is 11.8. The molecule has 0 unspecified atom stereocenters. The molecule has 0 saturated carbocycles. The third-order valence-corrected chi connectivity index (χ3v) is 2.35. The van der Waals surface area contributed by atoms with Crippen LogP contribution in [0.25, 0.3) is 0 Å². The van der Waals surface area contributed by atoms with Gasteiger partial charge in [-0.2, -0.15) is 13.2 Å². The van der Waals surface area contributed by atoms with Gasteiger partial charge in [-0.15, -0.1) is 0 Å². The van der Waals surface area contributed by atoms with Gasteiger partial charge >= 0.3 is 12.1 Å². The number of halogens is 3. The number of hydrogen-bond donors (Lipinski definition) is 1. The van der Waals surface area contributed by atoms with Crippen molar-refractivity contribution in [3.8, 4) is 0 Å². The number of hydrogen-bond acceptors (Lipinski definition) is 3. The van der Waals surface area contributed by atoms with E-state index >= 15 is 0 Å². The molecule has 1 aliphatic rings. The molecule has 16 heavy (non-hydrogen) atoms. The number of likely N-dealkylation sites (tertiary alicyclic amines) is 1. The number of rotatable bonds is 2. The Kier molecular flexibility index (Phi) is 3.61. The van der Waals surface area contributed by atoms with Crippen LogP contribution < -0.4 is 10.4 Å². The maximum absolute atomic E-state index is 11.8. The summed E-state index contributed by atoms with van der Waals surface area (Å²) in [6, 6.07) is 0. The molecule has 1 N–H and O–H groups in total. The van der Waals surface area contributed by atoms with E-state index in [0.717, 1.165) is 4.90 Å². The van der Waals surface area contributed by atoms with Gasteiger partial charge in [-0.05, 0) is 12.3 Å². The number of amides is 2. The van der Waals surface area contributed by atoms with Gasteiger partial charge in [0.15, 0.2) is 0 Å². The first-order chi connectivity index (χ1) is 7.30. The Morgan fingerprint density at radius 1 is 1.44 bits per heavy atom. The van der Waals surface area contributed by atoms with Crippen molar-refractivity contribution < 1.29 is 27.9 Å². The van der Waals surface area contributed by atoms with Gasteiger partial charge < -0.3 is 20.1 Å². The first-order valence-electron chi connectivity index (χ1n) is 4.61. The van der Waals surface area contributed by atoms with Crippen molar-refractivity contribution >= 4 is 12.0 Å². The fourth-order valence-corrected chi connectivity index (χ4v) is 1.50. The molecule has 1 atom stereocenters. The third kappa shape index (κ3) is 3.28. The highest BCUT2D eigenvalue weighted by molar-refractivity contribution is 5.81. The topological polar surface area (TPSA) is 72.5 Å². The van der Waals surface area contributed by atoms with Crippen molar-refractivity contribution in [3.63, 3.8) is 0 Å². The number of nitrogens with zero attached hydrogens (tertiary/aromatic N) is 1. The highest BCUT2D eigenvalue weighted by Gasteiger charge is 2.38. The highest BCUT2D eigenvalue weighted by Crippen LogP contribution is 2.17. The zero-order chi connectivity index (χ0) is 12.3. The molecule has 0 bridgehead atoms. The molecule has 0 aliphatic carbocycles. The van der Waals surface area contributed by atoms with Crippen LogP contribution in [0, 0.1) is 5.92 Å². The molecular formula is C8H10F3N2O3-. The maximum Gasteiger partial charge on any atom is 0.471 e. The van der Waals surface area contributed by atoms with Crippen molar-refractivity contribution in [1.82, 2.24) is 10.2 Å². The van der Waals surface area contributed by atoms with Crippen LogP contribution in [0.5, 0.6) is 0 Å². The Morgan fingerprint density at radius 3 is 2.50 bits per heavy atom. The lowest BCUT2D eigenvalue weighted by atomic mass is 10.1. The number of nitrogens with one attached hydrogen (secondary N) is 1. The molecule has 1 aliphatic heterocycles. The molecule has 8 heteroatoms. The van der Waals surface area contributed by atoms with Gasteiger partial charge in [0.2, 0.25) is 0 Å². The van der Waals surface area contributed by atoms with Gasteiger partial charge in [0.05, 0.1) is 0 Å². The molecule has 5 nitrogen and oxygen atoms in total. The molecule has 92 valence electrons. The summed E-state index contributed by atoms with van der Waals surface area (Å²) < 4.78 is 35.4. The number of carbonyl (C=O) groups is 2. The van der Waals surface area contributed by atoms with Crippen LogP contribution in [0.1, 0.15) is 6.42 Å². The van der Waals surface area contributed by atoms with Crippen LogP contribution in [0.15, 0.2) is 0 Å². The zero-order valence-corrected chi connectivity index (χ0v) is 8.21. The fourth-order valence-electron chi connectivity index (χ4n) is 1.50. The predicted octanol–water partition coefficient (Wildman–Crippen LogP) is -0.670. The molecule has 2 amide bonds. The second-order valence-corrected chi connectivity index (χ2v) is 3.57. The average Bonchev–Trinajstić information content (AvgIpc) is 2.60. The van der Waals surface area contributed by atoms with E-state index < -0.39 is 18.2 Å². The van der Waals surface area contributed by atoms with Gasteiger partial charge in [-0.25, -0.2) is 0 Å². The molecular weight excluding hydrogens is 229 g/mol. The smallest absolute Gasteiger partial charge is 0.471 e. The normalized spacial score (nSPS) is 20.9. The standard InChI is InChI=1S/C8H11F3N2O3/c9-8(10,11)6(14)12-3-5-1-2-13(4-5)7(15)16/h5H,1-4H2,(H,12,14)(H,15,16)/p-1/t5-/m1/s1. The predicted molar refractivity (Wildman–Crippen MR) is 44.1 cm³/mol. The Labute approximate surface area is 89.2 Å². The van der Waals surface area contributed by atoms with Crippen LogP contribution in [0.4, 0.5) is 18.0 Å².